The lowest BCUT2D eigenvalue weighted by Gasteiger charge is -2.08. The Morgan fingerprint density at radius 2 is 1.88 bits per heavy atom. The Kier molecular flexibility index (Phi) is 3.66. The average Bonchev–Trinajstić information content (AvgIpc) is 2.20. The molecule has 0 radical (unpaired) electrons. The first kappa shape index (κ1) is 12.5. The van der Waals surface area contributed by atoms with Crippen molar-refractivity contribution in [2.45, 2.75) is 6.92 Å². The topological polar surface area (TPSA) is 120 Å². The van der Waals surface area contributed by atoms with E-state index in [1.807, 2.05) is 0 Å². The number of carbonyl (C=O) groups is 2. The zero-order valence-electron chi connectivity index (χ0n) is 8.84. The molecule has 0 fully saturated rings. The molecule has 1 heterocycles. The molecule has 0 saturated heterocycles. The summed E-state index contributed by atoms with van der Waals surface area (Å²) in [5.74, 6) is -3.36. The standard InChI is InChI=1S/C10H10N2O5/c1-5(7(9(14)15)10(16)17)12-8-6(13)3-2-4-11-8/h2-4,13H,1H3,(H,11,12)(H,14,15)(H,16,17). The maximum atomic E-state index is 10.7. The minimum atomic E-state index is -1.57. The van der Waals surface area contributed by atoms with Crippen LogP contribution in [0, 0.1) is 0 Å². The molecule has 0 atom stereocenters. The maximum absolute atomic E-state index is 10.7. The molecule has 0 bridgehead atoms. The smallest absolute Gasteiger partial charge is 0.344 e. The van der Waals surface area contributed by atoms with Crippen LogP contribution in [-0.4, -0.2) is 32.2 Å². The van der Waals surface area contributed by atoms with Gasteiger partial charge in [0.1, 0.15) is 0 Å². The second-order valence-corrected chi connectivity index (χ2v) is 3.11. The van der Waals surface area contributed by atoms with Crippen LogP contribution in [0.25, 0.3) is 0 Å². The summed E-state index contributed by atoms with van der Waals surface area (Å²) in [4.78, 5) is 25.1. The van der Waals surface area contributed by atoms with E-state index in [9.17, 15) is 14.7 Å². The second kappa shape index (κ2) is 4.97. The summed E-state index contributed by atoms with van der Waals surface area (Å²) >= 11 is 0. The van der Waals surface area contributed by atoms with Crippen molar-refractivity contribution in [2.75, 3.05) is 5.32 Å². The molecular weight excluding hydrogens is 228 g/mol. The first-order valence-electron chi connectivity index (χ1n) is 4.52. The molecule has 0 unspecified atom stereocenters. The molecule has 0 spiro atoms. The maximum Gasteiger partial charge on any atom is 0.344 e. The van der Waals surface area contributed by atoms with E-state index in [0.717, 1.165) is 0 Å². The molecule has 1 aromatic heterocycles. The van der Waals surface area contributed by atoms with Gasteiger partial charge in [-0.25, -0.2) is 14.6 Å². The third kappa shape index (κ3) is 2.94. The Balaban J connectivity index is 3.09. The van der Waals surface area contributed by atoms with Crippen LogP contribution >= 0.6 is 0 Å². The molecule has 17 heavy (non-hydrogen) atoms. The lowest BCUT2D eigenvalue weighted by atomic mass is 10.2. The van der Waals surface area contributed by atoms with Crippen LogP contribution in [0.3, 0.4) is 0 Å². The van der Waals surface area contributed by atoms with Crippen molar-refractivity contribution in [3.05, 3.63) is 29.6 Å². The Morgan fingerprint density at radius 1 is 1.29 bits per heavy atom. The SMILES string of the molecule is CC(Nc1ncccc1O)=C(C(=O)O)C(=O)O. The van der Waals surface area contributed by atoms with E-state index in [1.54, 1.807) is 0 Å². The van der Waals surface area contributed by atoms with Gasteiger partial charge in [0.15, 0.2) is 17.1 Å². The number of hydrogen-bond acceptors (Lipinski definition) is 5. The number of pyridine rings is 1. The van der Waals surface area contributed by atoms with Gasteiger partial charge < -0.3 is 20.6 Å². The molecule has 90 valence electrons. The number of hydrogen-bond donors (Lipinski definition) is 4. The summed E-state index contributed by atoms with van der Waals surface area (Å²) in [6.07, 6.45) is 1.37. The van der Waals surface area contributed by atoms with E-state index in [0.29, 0.717) is 0 Å². The fourth-order valence-corrected chi connectivity index (χ4v) is 1.15. The first-order valence-corrected chi connectivity index (χ1v) is 4.52. The fraction of sp³-hybridized carbons (Fsp3) is 0.100. The summed E-state index contributed by atoms with van der Waals surface area (Å²) in [5, 5.41) is 29.2. The number of nitrogens with one attached hydrogen (secondary N) is 1. The minimum absolute atomic E-state index is 0.00926. The zero-order chi connectivity index (χ0) is 13.0. The van der Waals surface area contributed by atoms with Gasteiger partial charge in [0.25, 0.3) is 0 Å². The molecule has 0 amide bonds. The number of aromatic nitrogens is 1. The molecule has 0 aliphatic heterocycles. The average molecular weight is 238 g/mol. The van der Waals surface area contributed by atoms with E-state index in [-0.39, 0.29) is 17.3 Å². The lowest BCUT2D eigenvalue weighted by Crippen LogP contribution is -2.16. The minimum Gasteiger partial charge on any atom is -0.504 e. The summed E-state index contributed by atoms with van der Waals surface area (Å²) in [7, 11) is 0. The van der Waals surface area contributed by atoms with Crippen LogP contribution in [0.15, 0.2) is 29.6 Å². The van der Waals surface area contributed by atoms with Gasteiger partial charge in [-0.15, -0.1) is 0 Å². The van der Waals surface area contributed by atoms with E-state index < -0.39 is 17.5 Å². The van der Waals surface area contributed by atoms with Crippen molar-refractivity contribution in [1.82, 2.24) is 4.98 Å². The lowest BCUT2D eigenvalue weighted by molar-refractivity contribution is -0.140. The number of allylic oxidation sites excluding steroid dienone is 1. The van der Waals surface area contributed by atoms with Crippen molar-refractivity contribution in [3.8, 4) is 5.75 Å². The van der Waals surface area contributed by atoms with Gasteiger partial charge in [-0.3, -0.25) is 0 Å². The molecule has 1 rings (SSSR count). The van der Waals surface area contributed by atoms with Crippen molar-refractivity contribution >= 4 is 17.8 Å². The second-order valence-electron chi connectivity index (χ2n) is 3.11. The molecule has 7 heteroatoms. The predicted octanol–water partition coefficient (Wildman–Crippen LogP) is 0.642. The molecular formula is C10H10N2O5. The van der Waals surface area contributed by atoms with Crippen molar-refractivity contribution < 1.29 is 24.9 Å². The highest BCUT2D eigenvalue weighted by Crippen LogP contribution is 2.20. The van der Waals surface area contributed by atoms with Crippen molar-refractivity contribution in [2.24, 2.45) is 0 Å². The Hall–Kier alpha value is -2.57. The quantitative estimate of drug-likeness (QED) is 0.345. The molecule has 0 saturated carbocycles. The van der Waals surface area contributed by atoms with Crippen LogP contribution in [0.2, 0.25) is 0 Å². The summed E-state index contributed by atoms with van der Waals surface area (Å²) in [6, 6.07) is 2.82. The van der Waals surface area contributed by atoms with Crippen LogP contribution in [0.5, 0.6) is 5.75 Å². The Morgan fingerprint density at radius 3 is 2.35 bits per heavy atom. The van der Waals surface area contributed by atoms with Gasteiger partial charge >= 0.3 is 11.9 Å². The van der Waals surface area contributed by atoms with Crippen LogP contribution in [0.1, 0.15) is 6.92 Å². The number of rotatable bonds is 4. The van der Waals surface area contributed by atoms with Crippen LogP contribution in [-0.2, 0) is 9.59 Å². The van der Waals surface area contributed by atoms with Gasteiger partial charge in [0, 0.05) is 11.9 Å². The van der Waals surface area contributed by atoms with Gasteiger partial charge in [-0.2, -0.15) is 0 Å². The molecule has 1 aromatic rings. The number of anilines is 1. The van der Waals surface area contributed by atoms with E-state index in [1.165, 1.54) is 25.3 Å². The molecule has 0 aromatic carbocycles. The molecule has 0 aliphatic rings. The summed E-state index contributed by atoms with van der Waals surface area (Å²) in [5.41, 5.74) is -0.936. The highest BCUT2D eigenvalue weighted by Gasteiger charge is 2.20. The van der Waals surface area contributed by atoms with Crippen LogP contribution < -0.4 is 5.32 Å². The van der Waals surface area contributed by atoms with E-state index >= 15 is 0 Å². The highest BCUT2D eigenvalue weighted by atomic mass is 16.4. The zero-order valence-corrected chi connectivity index (χ0v) is 8.84. The fourth-order valence-electron chi connectivity index (χ4n) is 1.15. The normalized spacial score (nSPS) is 9.47. The van der Waals surface area contributed by atoms with Crippen molar-refractivity contribution in [3.63, 3.8) is 0 Å². The molecule has 4 N–H and O–H groups in total. The number of carboxylic acids is 2. The number of aliphatic carboxylic acids is 2. The number of nitrogens with zero attached hydrogens (tertiary/aromatic N) is 1. The monoisotopic (exact) mass is 238 g/mol. The number of carboxylic acid groups (broad SMARTS) is 2. The summed E-state index contributed by atoms with van der Waals surface area (Å²) < 4.78 is 0. The van der Waals surface area contributed by atoms with Crippen molar-refractivity contribution in [1.29, 1.82) is 0 Å². The largest absolute Gasteiger partial charge is 0.504 e. The van der Waals surface area contributed by atoms with Crippen LogP contribution in [0.4, 0.5) is 5.82 Å². The third-order valence-corrected chi connectivity index (χ3v) is 1.90. The third-order valence-electron chi connectivity index (χ3n) is 1.90. The van der Waals surface area contributed by atoms with Gasteiger partial charge in [0.05, 0.1) is 0 Å². The van der Waals surface area contributed by atoms with Gasteiger partial charge in [0.2, 0.25) is 0 Å². The number of aromatic hydroxyl groups is 1. The Labute approximate surface area is 96.0 Å². The molecule has 0 aliphatic carbocycles. The van der Waals surface area contributed by atoms with Gasteiger partial charge in [-0.1, -0.05) is 0 Å². The highest BCUT2D eigenvalue weighted by molar-refractivity contribution is 6.13. The first-order chi connectivity index (χ1) is 7.93. The Bertz CT molecular complexity index is 479. The van der Waals surface area contributed by atoms with Gasteiger partial charge in [-0.05, 0) is 19.1 Å². The van der Waals surface area contributed by atoms with E-state index in [2.05, 4.69) is 10.3 Å². The molecule has 7 nitrogen and oxygen atoms in total. The van der Waals surface area contributed by atoms with E-state index in [4.69, 9.17) is 10.2 Å². The summed E-state index contributed by atoms with van der Waals surface area (Å²) in [6.45, 7) is 1.27. The predicted molar refractivity (Wildman–Crippen MR) is 57.5 cm³/mol.